The summed E-state index contributed by atoms with van der Waals surface area (Å²) in [6.45, 7) is 2.03. The Morgan fingerprint density at radius 1 is 1.00 bits per heavy atom. The average Bonchev–Trinajstić information content (AvgIpc) is 2.46. The van der Waals surface area contributed by atoms with Crippen molar-refractivity contribution in [2.24, 2.45) is 5.11 Å². The van der Waals surface area contributed by atoms with Crippen LogP contribution in [0.4, 0.5) is 0 Å². The number of benzene rings is 2. The third-order valence-electron chi connectivity index (χ3n) is 2.99. The van der Waals surface area contributed by atoms with E-state index >= 15 is 0 Å². The molecular formula is C15H15N3O. The van der Waals surface area contributed by atoms with E-state index in [1.165, 1.54) is 5.56 Å². The van der Waals surface area contributed by atoms with Crippen LogP contribution in [0, 0.1) is 6.92 Å². The van der Waals surface area contributed by atoms with Crippen molar-refractivity contribution in [2.75, 3.05) is 7.11 Å². The van der Waals surface area contributed by atoms with E-state index in [0.29, 0.717) is 0 Å². The summed E-state index contributed by atoms with van der Waals surface area (Å²) in [5.74, 6) is 0.785. The van der Waals surface area contributed by atoms with E-state index in [9.17, 15) is 0 Å². The van der Waals surface area contributed by atoms with Gasteiger partial charge in [0.25, 0.3) is 0 Å². The second kappa shape index (κ2) is 5.94. The molecule has 4 heteroatoms. The molecule has 0 saturated carbocycles. The van der Waals surface area contributed by atoms with Crippen molar-refractivity contribution in [3.63, 3.8) is 0 Å². The van der Waals surface area contributed by atoms with Gasteiger partial charge in [0.2, 0.25) is 0 Å². The van der Waals surface area contributed by atoms with Gasteiger partial charge in [0.1, 0.15) is 5.75 Å². The maximum Gasteiger partial charge on any atom is 0.118 e. The highest BCUT2D eigenvalue weighted by molar-refractivity contribution is 5.36. The summed E-state index contributed by atoms with van der Waals surface area (Å²) >= 11 is 0. The highest BCUT2D eigenvalue weighted by Crippen LogP contribution is 2.27. The molecule has 2 aromatic rings. The van der Waals surface area contributed by atoms with Crippen LogP contribution < -0.4 is 4.74 Å². The Morgan fingerprint density at radius 3 is 2.00 bits per heavy atom. The van der Waals surface area contributed by atoms with Crippen molar-refractivity contribution < 1.29 is 4.74 Å². The number of ether oxygens (including phenoxy) is 1. The van der Waals surface area contributed by atoms with Crippen molar-refractivity contribution >= 4 is 0 Å². The molecule has 19 heavy (non-hydrogen) atoms. The van der Waals surface area contributed by atoms with Crippen molar-refractivity contribution in [3.8, 4) is 5.75 Å². The molecule has 4 nitrogen and oxygen atoms in total. The fourth-order valence-corrected chi connectivity index (χ4v) is 1.91. The van der Waals surface area contributed by atoms with Crippen molar-refractivity contribution in [3.05, 3.63) is 75.7 Å². The molecular weight excluding hydrogens is 238 g/mol. The predicted octanol–water partition coefficient (Wildman–Crippen LogP) is 4.40. The van der Waals surface area contributed by atoms with Gasteiger partial charge in [0, 0.05) is 4.91 Å². The van der Waals surface area contributed by atoms with E-state index in [0.717, 1.165) is 16.9 Å². The van der Waals surface area contributed by atoms with Crippen molar-refractivity contribution in [1.82, 2.24) is 0 Å². The second-order valence-corrected chi connectivity index (χ2v) is 4.29. The monoisotopic (exact) mass is 253 g/mol. The fourth-order valence-electron chi connectivity index (χ4n) is 1.91. The Bertz CT molecular complexity index is 584. The Labute approximate surface area is 112 Å². The minimum Gasteiger partial charge on any atom is -0.497 e. The van der Waals surface area contributed by atoms with Gasteiger partial charge in [0.15, 0.2) is 0 Å². The Kier molecular flexibility index (Phi) is 4.06. The van der Waals surface area contributed by atoms with Gasteiger partial charge >= 0.3 is 0 Å². The van der Waals surface area contributed by atoms with Crippen LogP contribution in [0.2, 0.25) is 0 Å². The molecule has 0 N–H and O–H groups in total. The molecule has 0 amide bonds. The summed E-state index contributed by atoms with van der Waals surface area (Å²) in [5.41, 5.74) is 11.9. The summed E-state index contributed by atoms with van der Waals surface area (Å²) in [6.07, 6.45) is 0. The Hall–Kier alpha value is -2.45. The maximum absolute atomic E-state index is 8.75. The van der Waals surface area contributed by atoms with Crippen LogP contribution in [0.15, 0.2) is 53.6 Å². The summed E-state index contributed by atoms with van der Waals surface area (Å²) in [7, 11) is 1.62. The summed E-state index contributed by atoms with van der Waals surface area (Å²) in [6, 6.07) is 15.2. The largest absolute Gasteiger partial charge is 0.497 e. The number of nitrogens with zero attached hydrogens (tertiary/aromatic N) is 3. The molecule has 0 heterocycles. The molecule has 0 radical (unpaired) electrons. The zero-order chi connectivity index (χ0) is 13.7. The predicted molar refractivity (Wildman–Crippen MR) is 75.2 cm³/mol. The lowest BCUT2D eigenvalue weighted by atomic mass is 9.98. The topological polar surface area (TPSA) is 58.0 Å². The SMILES string of the molecule is COc1ccc(C(N=[N+]=[N-])c2ccc(C)cc2)cc1. The van der Waals surface area contributed by atoms with E-state index in [1.807, 2.05) is 55.5 Å². The van der Waals surface area contributed by atoms with Gasteiger partial charge in [-0.05, 0) is 35.7 Å². The third kappa shape index (κ3) is 3.06. The highest BCUT2D eigenvalue weighted by Gasteiger charge is 2.12. The lowest BCUT2D eigenvalue weighted by Crippen LogP contribution is -1.97. The van der Waals surface area contributed by atoms with Crippen LogP contribution >= 0.6 is 0 Å². The van der Waals surface area contributed by atoms with E-state index in [-0.39, 0.29) is 6.04 Å². The minimum absolute atomic E-state index is 0.309. The lowest BCUT2D eigenvalue weighted by Gasteiger charge is -2.13. The number of azide groups is 1. The first-order chi connectivity index (χ1) is 9.24. The molecule has 0 fully saturated rings. The third-order valence-corrected chi connectivity index (χ3v) is 2.99. The number of rotatable bonds is 4. The molecule has 0 aliphatic rings. The number of methoxy groups -OCH3 is 1. The number of hydrogen-bond acceptors (Lipinski definition) is 2. The van der Waals surface area contributed by atoms with Crippen LogP contribution in [0.3, 0.4) is 0 Å². The van der Waals surface area contributed by atoms with E-state index < -0.39 is 0 Å². The first kappa shape index (κ1) is 13.0. The van der Waals surface area contributed by atoms with E-state index in [2.05, 4.69) is 10.0 Å². The number of hydrogen-bond donors (Lipinski definition) is 0. The molecule has 1 unspecified atom stereocenters. The fraction of sp³-hybridized carbons (Fsp3) is 0.200. The maximum atomic E-state index is 8.75. The van der Waals surface area contributed by atoms with Crippen molar-refractivity contribution in [2.45, 2.75) is 13.0 Å². The van der Waals surface area contributed by atoms with Gasteiger partial charge in [-0.15, -0.1) is 0 Å². The first-order valence-corrected chi connectivity index (χ1v) is 5.99. The molecule has 0 spiro atoms. The summed E-state index contributed by atoms with van der Waals surface area (Å²) in [5, 5.41) is 3.89. The van der Waals surface area contributed by atoms with Crippen LogP contribution in [0.1, 0.15) is 22.7 Å². The first-order valence-electron chi connectivity index (χ1n) is 5.99. The molecule has 0 aliphatic heterocycles. The molecule has 96 valence electrons. The quantitative estimate of drug-likeness (QED) is 0.452. The van der Waals surface area contributed by atoms with Crippen LogP contribution in [0.25, 0.3) is 10.4 Å². The standard InChI is InChI=1S/C15H15N3O/c1-11-3-5-12(6-4-11)15(17-18-16)13-7-9-14(19-2)10-8-13/h3-10,15H,1-2H3. The van der Waals surface area contributed by atoms with Crippen LogP contribution in [0.5, 0.6) is 5.75 Å². The molecule has 0 saturated heterocycles. The highest BCUT2D eigenvalue weighted by atomic mass is 16.5. The molecule has 0 bridgehead atoms. The zero-order valence-electron chi connectivity index (χ0n) is 10.9. The van der Waals surface area contributed by atoms with Crippen molar-refractivity contribution in [1.29, 1.82) is 0 Å². The average molecular weight is 253 g/mol. The van der Waals surface area contributed by atoms with Gasteiger partial charge in [-0.2, -0.15) is 0 Å². The van der Waals surface area contributed by atoms with Gasteiger partial charge in [-0.3, -0.25) is 0 Å². The normalized spacial score (nSPS) is 11.5. The molecule has 1 atom stereocenters. The van der Waals surface area contributed by atoms with Gasteiger partial charge in [-0.1, -0.05) is 47.1 Å². The summed E-state index contributed by atoms with van der Waals surface area (Å²) < 4.78 is 5.13. The molecule has 2 aromatic carbocycles. The smallest absolute Gasteiger partial charge is 0.118 e. The summed E-state index contributed by atoms with van der Waals surface area (Å²) in [4.78, 5) is 2.95. The molecule has 0 aromatic heterocycles. The van der Waals surface area contributed by atoms with Crippen LogP contribution in [-0.2, 0) is 0 Å². The van der Waals surface area contributed by atoms with E-state index in [4.69, 9.17) is 10.3 Å². The minimum atomic E-state index is -0.309. The van der Waals surface area contributed by atoms with Gasteiger partial charge in [0.05, 0.1) is 13.2 Å². The van der Waals surface area contributed by atoms with Gasteiger partial charge < -0.3 is 4.74 Å². The molecule has 0 aliphatic carbocycles. The zero-order valence-corrected chi connectivity index (χ0v) is 10.9. The van der Waals surface area contributed by atoms with Crippen LogP contribution in [-0.4, -0.2) is 7.11 Å². The lowest BCUT2D eigenvalue weighted by molar-refractivity contribution is 0.414. The number of aryl methyl sites for hydroxylation is 1. The van der Waals surface area contributed by atoms with E-state index in [1.54, 1.807) is 7.11 Å². The Morgan fingerprint density at radius 2 is 1.53 bits per heavy atom. The molecule has 2 rings (SSSR count). The van der Waals surface area contributed by atoms with Gasteiger partial charge in [-0.25, -0.2) is 0 Å². The second-order valence-electron chi connectivity index (χ2n) is 4.29. The Balaban J connectivity index is 2.38.